The van der Waals surface area contributed by atoms with E-state index in [4.69, 9.17) is 11.6 Å². The third kappa shape index (κ3) is 3.21. The molecule has 0 radical (unpaired) electrons. The number of hydrogen-bond donors (Lipinski definition) is 1. The highest BCUT2D eigenvalue weighted by Crippen LogP contribution is 2.30. The molecule has 1 saturated heterocycles. The highest BCUT2D eigenvalue weighted by Gasteiger charge is 2.49. The molecule has 25 heavy (non-hydrogen) atoms. The van der Waals surface area contributed by atoms with E-state index >= 15 is 0 Å². The van der Waals surface area contributed by atoms with E-state index in [0.717, 1.165) is 17.7 Å². The predicted molar refractivity (Wildman–Crippen MR) is 90.6 cm³/mol. The lowest BCUT2D eigenvalue weighted by molar-refractivity contribution is -0.131. The lowest BCUT2D eigenvalue weighted by Gasteiger charge is -2.22. The largest absolute Gasteiger partial charge is 0.325 e. The maximum Gasteiger partial charge on any atom is 0.325 e. The highest BCUT2D eigenvalue weighted by molar-refractivity contribution is 6.30. The number of unbranched alkanes of at least 4 members (excludes halogenated alkanes) is 1. The molecule has 0 bridgehead atoms. The van der Waals surface area contributed by atoms with Gasteiger partial charge in [0.15, 0.2) is 5.82 Å². The number of aryl methyl sites for hydroxylation is 1. The van der Waals surface area contributed by atoms with Gasteiger partial charge in [-0.15, -0.1) is 5.10 Å². The van der Waals surface area contributed by atoms with Crippen molar-refractivity contribution in [3.63, 3.8) is 0 Å². The number of carbonyl (C=O) groups is 2. The first kappa shape index (κ1) is 17.3. The summed E-state index contributed by atoms with van der Waals surface area (Å²) in [5, 5.41) is 14.8. The van der Waals surface area contributed by atoms with Gasteiger partial charge in [0.2, 0.25) is 0 Å². The van der Waals surface area contributed by atoms with Crippen LogP contribution in [0, 0.1) is 0 Å². The van der Waals surface area contributed by atoms with Gasteiger partial charge in [-0.1, -0.05) is 37.1 Å². The minimum atomic E-state index is -1.14. The number of rotatable bonds is 6. The Balaban J connectivity index is 1.82. The number of halogens is 1. The first-order valence-corrected chi connectivity index (χ1v) is 8.48. The number of carbonyl (C=O) groups excluding carboxylic acids is 2. The second-order valence-corrected chi connectivity index (χ2v) is 6.56. The first-order valence-electron chi connectivity index (χ1n) is 8.11. The van der Waals surface area contributed by atoms with Crippen molar-refractivity contribution in [3.8, 4) is 0 Å². The molecule has 9 heteroatoms. The fourth-order valence-corrected chi connectivity index (χ4v) is 2.90. The van der Waals surface area contributed by atoms with Gasteiger partial charge in [0.25, 0.3) is 5.91 Å². The molecule has 0 aliphatic carbocycles. The molecule has 8 nitrogen and oxygen atoms in total. The third-order valence-electron chi connectivity index (χ3n) is 4.33. The van der Waals surface area contributed by atoms with Crippen LogP contribution in [0.1, 0.15) is 38.1 Å². The monoisotopic (exact) mass is 362 g/mol. The van der Waals surface area contributed by atoms with E-state index in [1.165, 1.54) is 0 Å². The maximum absolute atomic E-state index is 12.9. The van der Waals surface area contributed by atoms with Crippen molar-refractivity contribution in [2.75, 3.05) is 0 Å². The van der Waals surface area contributed by atoms with Gasteiger partial charge in [0, 0.05) is 11.6 Å². The van der Waals surface area contributed by atoms with Crippen LogP contribution >= 0.6 is 11.6 Å². The van der Waals surface area contributed by atoms with Gasteiger partial charge in [0.05, 0.1) is 6.54 Å². The average molecular weight is 363 g/mol. The Labute approximate surface area is 150 Å². The maximum atomic E-state index is 12.9. The van der Waals surface area contributed by atoms with Crippen LogP contribution in [0.3, 0.4) is 0 Å². The molecular weight excluding hydrogens is 344 g/mol. The van der Waals surface area contributed by atoms with Crippen LogP contribution in [0.15, 0.2) is 24.3 Å². The van der Waals surface area contributed by atoms with Crippen molar-refractivity contribution in [1.82, 2.24) is 30.4 Å². The van der Waals surface area contributed by atoms with E-state index in [2.05, 4.69) is 27.8 Å². The molecular formula is C16H19ClN6O2. The number of amides is 3. The Hall–Kier alpha value is -2.48. The molecule has 1 fully saturated rings. The molecule has 0 spiro atoms. The summed E-state index contributed by atoms with van der Waals surface area (Å²) in [7, 11) is 0. The van der Waals surface area contributed by atoms with Gasteiger partial charge in [-0.05, 0) is 41.5 Å². The Kier molecular flexibility index (Phi) is 4.71. The van der Waals surface area contributed by atoms with Crippen LogP contribution in [0.2, 0.25) is 5.02 Å². The van der Waals surface area contributed by atoms with Crippen molar-refractivity contribution in [3.05, 3.63) is 40.7 Å². The Morgan fingerprint density at radius 1 is 1.24 bits per heavy atom. The van der Waals surface area contributed by atoms with E-state index in [1.807, 2.05) is 0 Å². The van der Waals surface area contributed by atoms with E-state index < -0.39 is 11.6 Å². The van der Waals surface area contributed by atoms with Crippen molar-refractivity contribution in [1.29, 1.82) is 0 Å². The van der Waals surface area contributed by atoms with Gasteiger partial charge in [-0.2, -0.15) is 0 Å². The number of nitrogens with one attached hydrogen (secondary N) is 1. The SMILES string of the molecule is CCCCn1nnnc1CN1C(=O)NC(C)(c2ccc(Cl)cc2)C1=O. The fraction of sp³-hybridized carbons (Fsp3) is 0.438. The van der Waals surface area contributed by atoms with E-state index in [1.54, 1.807) is 35.9 Å². The van der Waals surface area contributed by atoms with Gasteiger partial charge < -0.3 is 5.32 Å². The summed E-state index contributed by atoms with van der Waals surface area (Å²) in [6, 6.07) is 6.38. The average Bonchev–Trinajstić information content (AvgIpc) is 3.12. The number of tetrazole rings is 1. The Bertz CT molecular complexity index is 790. The van der Waals surface area contributed by atoms with Crippen LogP contribution < -0.4 is 5.32 Å². The molecule has 1 aromatic heterocycles. The van der Waals surface area contributed by atoms with Crippen molar-refractivity contribution in [2.24, 2.45) is 0 Å². The van der Waals surface area contributed by atoms with E-state index in [9.17, 15) is 9.59 Å². The quantitative estimate of drug-likeness (QED) is 0.794. The number of nitrogens with zero attached hydrogens (tertiary/aromatic N) is 5. The Morgan fingerprint density at radius 3 is 2.64 bits per heavy atom. The van der Waals surface area contributed by atoms with Crippen LogP contribution in [-0.2, 0) is 23.4 Å². The van der Waals surface area contributed by atoms with Crippen LogP contribution in [-0.4, -0.2) is 37.0 Å². The summed E-state index contributed by atoms with van der Waals surface area (Å²) in [4.78, 5) is 26.4. The molecule has 1 N–H and O–H groups in total. The number of benzene rings is 1. The summed E-state index contributed by atoms with van der Waals surface area (Å²) < 4.78 is 1.63. The molecule has 1 aromatic carbocycles. The summed E-state index contributed by atoms with van der Waals surface area (Å²) >= 11 is 5.90. The highest BCUT2D eigenvalue weighted by atomic mass is 35.5. The van der Waals surface area contributed by atoms with Crippen LogP contribution in [0.25, 0.3) is 0 Å². The zero-order valence-corrected chi connectivity index (χ0v) is 14.8. The molecule has 1 unspecified atom stereocenters. The molecule has 0 saturated carbocycles. The van der Waals surface area contributed by atoms with Crippen molar-refractivity contribution >= 4 is 23.5 Å². The van der Waals surface area contributed by atoms with Crippen LogP contribution in [0.5, 0.6) is 0 Å². The summed E-state index contributed by atoms with van der Waals surface area (Å²) in [5.74, 6) is 0.141. The lowest BCUT2D eigenvalue weighted by Crippen LogP contribution is -2.40. The zero-order chi connectivity index (χ0) is 18.0. The summed E-state index contributed by atoms with van der Waals surface area (Å²) in [6.07, 6.45) is 1.91. The Morgan fingerprint density at radius 2 is 1.96 bits per heavy atom. The number of imide groups is 1. The molecule has 3 amide bonds. The minimum absolute atomic E-state index is 0.0323. The summed E-state index contributed by atoms with van der Waals surface area (Å²) in [5.41, 5.74) is -0.466. The number of urea groups is 1. The normalized spacial score (nSPS) is 20.2. The second kappa shape index (κ2) is 6.79. The molecule has 1 aliphatic rings. The van der Waals surface area contributed by atoms with E-state index in [0.29, 0.717) is 23.0 Å². The number of aromatic nitrogens is 4. The fourth-order valence-electron chi connectivity index (χ4n) is 2.78. The van der Waals surface area contributed by atoms with Gasteiger partial charge in [-0.3, -0.25) is 9.69 Å². The predicted octanol–water partition coefficient (Wildman–Crippen LogP) is 2.09. The molecule has 2 heterocycles. The molecule has 132 valence electrons. The minimum Gasteiger partial charge on any atom is -0.319 e. The second-order valence-electron chi connectivity index (χ2n) is 6.13. The van der Waals surface area contributed by atoms with Gasteiger partial charge in [0.1, 0.15) is 5.54 Å². The smallest absolute Gasteiger partial charge is 0.319 e. The zero-order valence-electron chi connectivity index (χ0n) is 14.1. The third-order valence-corrected chi connectivity index (χ3v) is 4.58. The van der Waals surface area contributed by atoms with Crippen LogP contribution in [0.4, 0.5) is 4.79 Å². The molecule has 1 aliphatic heterocycles. The van der Waals surface area contributed by atoms with Gasteiger partial charge >= 0.3 is 6.03 Å². The molecule has 2 aromatic rings. The number of hydrogen-bond acceptors (Lipinski definition) is 5. The van der Waals surface area contributed by atoms with Crippen molar-refractivity contribution < 1.29 is 9.59 Å². The van der Waals surface area contributed by atoms with Crippen molar-refractivity contribution in [2.45, 2.75) is 45.3 Å². The topological polar surface area (TPSA) is 93.0 Å². The first-order chi connectivity index (χ1) is 12.0. The lowest BCUT2D eigenvalue weighted by atomic mass is 9.92. The van der Waals surface area contributed by atoms with E-state index in [-0.39, 0.29) is 12.5 Å². The summed E-state index contributed by atoms with van der Waals surface area (Å²) in [6.45, 7) is 4.43. The van der Waals surface area contributed by atoms with Gasteiger partial charge in [-0.25, -0.2) is 9.48 Å². The standard InChI is InChI=1S/C16H19ClN6O2/c1-3-4-9-23-13(19-20-21-23)10-22-14(24)16(2,18-15(22)25)11-5-7-12(17)8-6-11/h5-8H,3-4,9-10H2,1-2H3,(H,18,25). The molecule has 1 atom stereocenters. The molecule has 3 rings (SSSR count).